The van der Waals surface area contributed by atoms with Crippen molar-refractivity contribution in [3.63, 3.8) is 0 Å². The second kappa shape index (κ2) is 7.26. The number of benzene rings is 1. The third kappa shape index (κ3) is 5.22. The SMILES string of the molecule is CCCCNC(=O)Nc1ccc(C(F)(F)F)cc1C(N)=S. The van der Waals surface area contributed by atoms with Crippen LogP contribution in [0.25, 0.3) is 0 Å². The van der Waals surface area contributed by atoms with E-state index in [2.05, 4.69) is 10.6 Å². The van der Waals surface area contributed by atoms with E-state index in [0.29, 0.717) is 6.54 Å². The van der Waals surface area contributed by atoms with E-state index in [4.69, 9.17) is 18.0 Å². The Bertz CT molecular complexity index is 532. The lowest BCUT2D eigenvalue weighted by atomic mass is 10.1. The number of carbonyl (C=O) groups excluding carboxylic acids is 1. The van der Waals surface area contributed by atoms with Gasteiger partial charge in [0.25, 0.3) is 0 Å². The van der Waals surface area contributed by atoms with Gasteiger partial charge in [0.15, 0.2) is 0 Å². The summed E-state index contributed by atoms with van der Waals surface area (Å²) >= 11 is 4.73. The zero-order chi connectivity index (χ0) is 16.0. The number of carbonyl (C=O) groups is 1. The average molecular weight is 319 g/mol. The fraction of sp³-hybridized carbons (Fsp3) is 0.385. The Morgan fingerprint density at radius 1 is 1.38 bits per heavy atom. The van der Waals surface area contributed by atoms with E-state index in [0.717, 1.165) is 31.0 Å². The van der Waals surface area contributed by atoms with E-state index in [1.54, 1.807) is 0 Å². The fourth-order valence-corrected chi connectivity index (χ4v) is 1.75. The zero-order valence-corrected chi connectivity index (χ0v) is 12.2. The van der Waals surface area contributed by atoms with Crippen LogP contribution >= 0.6 is 12.2 Å². The van der Waals surface area contributed by atoms with E-state index in [1.807, 2.05) is 6.92 Å². The molecule has 0 spiro atoms. The van der Waals surface area contributed by atoms with Gasteiger partial charge in [0.2, 0.25) is 0 Å². The van der Waals surface area contributed by atoms with E-state index in [1.165, 1.54) is 0 Å². The third-order valence-corrected chi connectivity index (χ3v) is 2.90. The van der Waals surface area contributed by atoms with Gasteiger partial charge in [0.05, 0.1) is 11.3 Å². The molecule has 2 amide bonds. The van der Waals surface area contributed by atoms with Gasteiger partial charge in [0.1, 0.15) is 4.99 Å². The summed E-state index contributed by atoms with van der Waals surface area (Å²) in [5.74, 6) is 0. The predicted octanol–water partition coefficient (Wildman–Crippen LogP) is 3.26. The van der Waals surface area contributed by atoms with Crippen molar-refractivity contribution in [1.29, 1.82) is 0 Å². The number of anilines is 1. The highest BCUT2D eigenvalue weighted by Crippen LogP contribution is 2.31. The van der Waals surface area contributed by atoms with Crippen LogP contribution in [0.1, 0.15) is 30.9 Å². The highest BCUT2D eigenvalue weighted by molar-refractivity contribution is 7.80. The summed E-state index contributed by atoms with van der Waals surface area (Å²) in [6, 6.07) is 2.31. The average Bonchev–Trinajstić information content (AvgIpc) is 2.37. The smallest absolute Gasteiger partial charge is 0.389 e. The van der Waals surface area contributed by atoms with Crippen molar-refractivity contribution < 1.29 is 18.0 Å². The first-order valence-electron chi connectivity index (χ1n) is 6.31. The molecule has 4 N–H and O–H groups in total. The van der Waals surface area contributed by atoms with Crippen LogP contribution in [0.15, 0.2) is 18.2 Å². The van der Waals surface area contributed by atoms with Gasteiger partial charge in [-0.05, 0) is 24.6 Å². The number of unbranched alkanes of at least 4 members (excludes halogenated alkanes) is 1. The first-order chi connectivity index (χ1) is 9.75. The normalized spacial score (nSPS) is 11.0. The number of hydrogen-bond acceptors (Lipinski definition) is 2. The number of nitrogens with two attached hydrogens (primary N) is 1. The Hall–Kier alpha value is -1.83. The first-order valence-corrected chi connectivity index (χ1v) is 6.72. The number of urea groups is 1. The van der Waals surface area contributed by atoms with Crippen LogP contribution in [0.2, 0.25) is 0 Å². The summed E-state index contributed by atoms with van der Waals surface area (Å²) in [4.78, 5) is 11.4. The molecule has 116 valence electrons. The Morgan fingerprint density at radius 3 is 2.57 bits per heavy atom. The van der Waals surface area contributed by atoms with Gasteiger partial charge in [-0.25, -0.2) is 4.79 Å². The van der Waals surface area contributed by atoms with Gasteiger partial charge >= 0.3 is 12.2 Å². The molecule has 0 aliphatic heterocycles. The molecule has 21 heavy (non-hydrogen) atoms. The Labute approximate surface area is 125 Å². The van der Waals surface area contributed by atoms with Crippen LogP contribution < -0.4 is 16.4 Å². The van der Waals surface area contributed by atoms with Gasteiger partial charge in [0, 0.05) is 12.1 Å². The summed E-state index contributed by atoms with van der Waals surface area (Å²) in [6.07, 6.45) is -2.78. The van der Waals surface area contributed by atoms with Gasteiger partial charge in [-0.2, -0.15) is 13.2 Å². The number of alkyl halides is 3. The number of nitrogens with one attached hydrogen (secondary N) is 2. The molecular weight excluding hydrogens is 303 g/mol. The van der Waals surface area contributed by atoms with Gasteiger partial charge in [-0.1, -0.05) is 25.6 Å². The highest BCUT2D eigenvalue weighted by Gasteiger charge is 2.31. The molecule has 0 fully saturated rings. The van der Waals surface area contributed by atoms with E-state index < -0.39 is 17.8 Å². The molecule has 4 nitrogen and oxygen atoms in total. The standard InChI is InChI=1S/C13H16F3N3OS/c1-2-3-6-18-12(20)19-10-5-4-8(13(14,15)16)7-9(10)11(17)21/h4-5,7H,2-3,6H2,1H3,(H2,17,21)(H2,18,19,20). The Balaban J connectivity index is 2.92. The molecule has 8 heteroatoms. The number of halogens is 3. The van der Waals surface area contributed by atoms with Crippen molar-refractivity contribution >= 4 is 28.9 Å². The van der Waals surface area contributed by atoms with Crippen molar-refractivity contribution in [3.05, 3.63) is 29.3 Å². The molecule has 0 saturated carbocycles. The molecule has 0 aliphatic carbocycles. The molecule has 1 aromatic rings. The third-order valence-electron chi connectivity index (χ3n) is 2.68. The summed E-state index contributed by atoms with van der Waals surface area (Å²) in [7, 11) is 0. The summed E-state index contributed by atoms with van der Waals surface area (Å²) < 4.78 is 37.9. The van der Waals surface area contributed by atoms with Crippen LogP contribution in [0.4, 0.5) is 23.7 Å². The largest absolute Gasteiger partial charge is 0.416 e. The molecule has 0 atom stereocenters. The quantitative estimate of drug-likeness (QED) is 0.576. The molecule has 0 heterocycles. The predicted molar refractivity (Wildman–Crippen MR) is 79.3 cm³/mol. The molecular formula is C13H16F3N3OS. The number of amides is 2. The van der Waals surface area contributed by atoms with Crippen LogP contribution in [0.5, 0.6) is 0 Å². The summed E-state index contributed by atoms with van der Waals surface area (Å²) in [6.45, 7) is 2.45. The molecule has 0 saturated heterocycles. The molecule has 0 unspecified atom stereocenters. The Morgan fingerprint density at radius 2 is 2.05 bits per heavy atom. The van der Waals surface area contributed by atoms with Crippen LogP contribution in [-0.2, 0) is 6.18 Å². The lowest BCUT2D eigenvalue weighted by Gasteiger charge is -2.14. The molecule has 0 radical (unpaired) electrons. The summed E-state index contributed by atoms with van der Waals surface area (Å²) in [5, 5.41) is 5.03. The second-order valence-electron chi connectivity index (χ2n) is 4.36. The topological polar surface area (TPSA) is 67.2 Å². The van der Waals surface area contributed by atoms with Gasteiger partial charge < -0.3 is 16.4 Å². The summed E-state index contributed by atoms with van der Waals surface area (Å²) in [5.41, 5.74) is 4.66. The van der Waals surface area contributed by atoms with Crippen molar-refractivity contribution in [3.8, 4) is 0 Å². The molecule has 1 aromatic carbocycles. The van der Waals surface area contributed by atoms with E-state index in [-0.39, 0.29) is 16.2 Å². The first kappa shape index (κ1) is 17.2. The minimum absolute atomic E-state index is 0.0227. The molecule has 1 rings (SSSR count). The molecule has 0 aliphatic rings. The maximum Gasteiger partial charge on any atom is 0.416 e. The monoisotopic (exact) mass is 319 g/mol. The zero-order valence-electron chi connectivity index (χ0n) is 11.4. The van der Waals surface area contributed by atoms with Gasteiger partial charge in [-0.3, -0.25) is 0 Å². The Kier molecular flexibility index (Phi) is 5.95. The van der Waals surface area contributed by atoms with Crippen molar-refractivity contribution in [2.75, 3.05) is 11.9 Å². The minimum atomic E-state index is -4.50. The highest BCUT2D eigenvalue weighted by atomic mass is 32.1. The van der Waals surface area contributed by atoms with Crippen molar-refractivity contribution in [1.82, 2.24) is 5.32 Å². The number of hydrogen-bond donors (Lipinski definition) is 3. The number of rotatable bonds is 5. The molecule has 0 aromatic heterocycles. The van der Waals surface area contributed by atoms with Crippen molar-refractivity contribution in [2.24, 2.45) is 5.73 Å². The van der Waals surface area contributed by atoms with Crippen LogP contribution in [0.3, 0.4) is 0 Å². The fourth-order valence-electron chi connectivity index (χ4n) is 1.58. The van der Waals surface area contributed by atoms with E-state index >= 15 is 0 Å². The lowest BCUT2D eigenvalue weighted by Crippen LogP contribution is -2.30. The van der Waals surface area contributed by atoms with Crippen LogP contribution in [0, 0.1) is 0 Å². The lowest BCUT2D eigenvalue weighted by molar-refractivity contribution is -0.137. The molecule has 0 bridgehead atoms. The maximum absolute atomic E-state index is 12.6. The van der Waals surface area contributed by atoms with Gasteiger partial charge in [-0.15, -0.1) is 0 Å². The van der Waals surface area contributed by atoms with Crippen molar-refractivity contribution in [2.45, 2.75) is 25.9 Å². The van der Waals surface area contributed by atoms with E-state index in [9.17, 15) is 18.0 Å². The minimum Gasteiger partial charge on any atom is -0.389 e. The number of thiocarbonyl (C=S) groups is 1. The van der Waals surface area contributed by atoms with Crippen LogP contribution in [-0.4, -0.2) is 17.6 Å². The maximum atomic E-state index is 12.6. The second-order valence-corrected chi connectivity index (χ2v) is 4.80.